The van der Waals surface area contributed by atoms with Crippen LogP contribution >= 0.6 is 11.8 Å². The number of amides is 2. The molecule has 0 radical (unpaired) electrons. The van der Waals surface area contributed by atoms with Crippen LogP contribution in [-0.2, 0) is 9.59 Å². The number of aliphatic carboxylic acids is 1. The zero-order valence-electron chi connectivity index (χ0n) is 9.07. The average molecular weight is 264 g/mol. The number of thioether (sulfide) groups is 1. The molecular formula is C11H8N2O4S. The van der Waals surface area contributed by atoms with E-state index < -0.39 is 23.7 Å². The lowest BCUT2D eigenvalue weighted by atomic mass is 10.3. The summed E-state index contributed by atoms with van der Waals surface area (Å²) in [6.45, 7) is -0.621. The number of rotatable bonds is 3. The number of carbonyl (C=O) groups is 3. The Morgan fingerprint density at radius 3 is 2.83 bits per heavy atom. The largest absolute Gasteiger partial charge is 0.480 e. The molecule has 0 spiro atoms. The lowest BCUT2D eigenvalue weighted by Crippen LogP contribution is -2.33. The summed E-state index contributed by atoms with van der Waals surface area (Å²) in [5.41, 5.74) is 0.540. The topological polar surface area (TPSA) is 87.6 Å². The van der Waals surface area contributed by atoms with Gasteiger partial charge in [-0.3, -0.25) is 24.3 Å². The first-order valence-corrected chi connectivity index (χ1v) is 5.78. The highest BCUT2D eigenvalue weighted by Gasteiger charge is 2.36. The molecule has 0 unspecified atom stereocenters. The first-order valence-electron chi connectivity index (χ1n) is 4.96. The van der Waals surface area contributed by atoms with Gasteiger partial charge in [-0.2, -0.15) is 0 Å². The Hall–Kier alpha value is -2.15. The number of aromatic nitrogens is 1. The molecule has 7 heteroatoms. The van der Waals surface area contributed by atoms with Gasteiger partial charge in [0.25, 0.3) is 11.1 Å². The smallest absolute Gasteiger partial charge is 0.323 e. The highest BCUT2D eigenvalue weighted by molar-refractivity contribution is 8.18. The van der Waals surface area contributed by atoms with Gasteiger partial charge in [-0.05, 0) is 30.0 Å². The summed E-state index contributed by atoms with van der Waals surface area (Å²) in [7, 11) is 0. The summed E-state index contributed by atoms with van der Waals surface area (Å²) in [6.07, 6.45) is 3.03. The fourth-order valence-electron chi connectivity index (χ4n) is 1.37. The van der Waals surface area contributed by atoms with Crippen LogP contribution in [0.3, 0.4) is 0 Å². The molecule has 1 aromatic heterocycles. The minimum absolute atomic E-state index is 0.181. The van der Waals surface area contributed by atoms with Gasteiger partial charge < -0.3 is 5.11 Å². The maximum atomic E-state index is 11.8. The molecule has 0 aromatic carbocycles. The molecule has 92 valence electrons. The molecule has 1 N–H and O–H groups in total. The third-order valence-corrected chi connectivity index (χ3v) is 3.04. The van der Waals surface area contributed by atoms with Crippen molar-refractivity contribution in [3.63, 3.8) is 0 Å². The molecular weight excluding hydrogens is 256 g/mol. The molecule has 6 nitrogen and oxygen atoms in total. The van der Waals surface area contributed by atoms with E-state index >= 15 is 0 Å². The minimum atomic E-state index is -1.23. The van der Waals surface area contributed by atoms with Crippen LogP contribution in [0.5, 0.6) is 0 Å². The van der Waals surface area contributed by atoms with Crippen LogP contribution in [0.4, 0.5) is 4.79 Å². The summed E-state index contributed by atoms with van der Waals surface area (Å²) in [6, 6.07) is 5.17. The Bertz CT molecular complexity index is 541. The minimum Gasteiger partial charge on any atom is -0.480 e. The number of carboxylic acid groups (broad SMARTS) is 1. The van der Waals surface area contributed by atoms with Crippen LogP contribution in [0, 0.1) is 0 Å². The molecule has 0 atom stereocenters. The highest BCUT2D eigenvalue weighted by Crippen LogP contribution is 2.31. The Morgan fingerprint density at radius 2 is 2.22 bits per heavy atom. The molecule has 2 amide bonds. The van der Waals surface area contributed by atoms with E-state index in [0.717, 1.165) is 0 Å². The van der Waals surface area contributed by atoms with Crippen LogP contribution in [0.2, 0.25) is 0 Å². The fourth-order valence-corrected chi connectivity index (χ4v) is 2.19. The van der Waals surface area contributed by atoms with Crippen molar-refractivity contribution in [2.24, 2.45) is 0 Å². The van der Waals surface area contributed by atoms with Crippen LogP contribution in [0.15, 0.2) is 29.3 Å². The highest BCUT2D eigenvalue weighted by atomic mass is 32.2. The Balaban J connectivity index is 2.23. The Kier molecular flexibility index (Phi) is 3.42. The van der Waals surface area contributed by atoms with Gasteiger partial charge in [0.1, 0.15) is 6.54 Å². The van der Waals surface area contributed by atoms with Crippen molar-refractivity contribution in [3.8, 4) is 0 Å². The number of carbonyl (C=O) groups excluding carboxylic acids is 2. The number of imide groups is 1. The lowest BCUT2D eigenvalue weighted by molar-refractivity contribution is -0.140. The molecule has 1 fully saturated rings. The predicted molar refractivity (Wildman–Crippen MR) is 64.5 cm³/mol. The monoisotopic (exact) mass is 264 g/mol. The summed E-state index contributed by atoms with van der Waals surface area (Å²) in [5, 5.41) is 8.02. The van der Waals surface area contributed by atoms with E-state index in [0.29, 0.717) is 22.4 Å². The zero-order valence-corrected chi connectivity index (χ0v) is 9.88. The SMILES string of the molecule is O=C(O)CN1C(=O)S/C(=C\c2ccccn2)C1=O. The van der Waals surface area contributed by atoms with Gasteiger partial charge in [0.2, 0.25) is 0 Å². The van der Waals surface area contributed by atoms with E-state index in [1.807, 2.05) is 0 Å². The van der Waals surface area contributed by atoms with Crippen LogP contribution in [-0.4, -0.2) is 38.7 Å². The van der Waals surface area contributed by atoms with Crippen LogP contribution < -0.4 is 0 Å². The maximum absolute atomic E-state index is 11.8. The molecule has 1 saturated heterocycles. The van der Waals surface area contributed by atoms with E-state index in [9.17, 15) is 14.4 Å². The summed E-state index contributed by atoms with van der Waals surface area (Å²) >= 11 is 0.714. The second-order valence-corrected chi connectivity index (χ2v) is 4.41. The van der Waals surface area contributed by atoms with Crippen molar-refractivity contribution in [1.82, 2.24) is 9.88 Å². The third-order valence-electron chi connectivity index (χ3n) is 2.13. The lowest BCUT2D eigenvalue weighted by Gasteiger charge is -2.07. The average Bonchev–Trinajstić information content (AvgIpc) is 2.58. The standard InChI is InChI=1S/C11H8N2O4S/c14-9(15)6-13-10(16)8(18-11(13)17)5-7-3-1-2-4-12-7/h1-5H,6H2,(H,14,15)/b8-5-. The first kappa shape index (κ1) is 12.3. The number of hydrogen-bond acceptors (Lipinski definition) is 5. The van der Waals surface area contributed by atoms with Crippen molar-refractivity contribution in [3.05, 3.63) is 35.0 Å². The van der Waals surface area contributed by atoms with Gasteiger partial charge in [-0.25, -0.2) is 0 Å². The van der Waals surface area contributed by atoms with Crippen molar-refractivity contribution in [1.29, 1.82) is 0 Å². The summed E-state index contributed by atoms with van der Waals surface area (Å²) in [4.78, 5) is 38.6. The summed E-state index contributed by atoms with van der Waals surface area (Å²) in [5.74, 6) is -1.82. The van der Waals surface area contributed by atoms with Crippen LogP contribution in [0.1, 0.15) is 5.69 Å². The molecule has 0 aliphatic carbocycles. The molecule has 18 heavy (non-hydrogen) atoms. The molecule has 1 aliphatic heterocycles. The quantitative estimate of drug-likeness (QED) is 0.825. The second-order valence-electron chi connectivity index (χ2n) is 3.42. The van der Waals surface area contributed by atoms with Crippen molar-refractivity contribution in [2.75, 3.05) is 6.54 Å². The van der Waals surface area contributed by atoms with Gasteiger partial charge in [0, 0.05) is 6.20 Å². The number of carboxylic acids is 1. The van der Waals surface area contributed by atoms with E-state index in [2.05, 4.69) is 4.98 Å². The molecule has 2 heterocycles. The van der Waals surface area contributed by atoms with E-state index in [1.165, 1.54) is 6.08 Å². The Labute approximate surface area is 106 Å². The van der Waals surface area contributed by atoms with Crippen molar-refractivity contribution in [2.45, 2.75) is 0 Å². The van der Waals surface area contributed by atoms with Gasteiger partial charge >= 0.3 is 5.97 Å². The van der Waals surface area contributed by atoms with E-state index in [1.54, 1.807) is 24.4 Å². The number of pyridine rings is 1. The van der Waals surface area contributed by atoms with Crippen molar-refractivity contribution < 1.29 is 19.5 Å². The van der Waals surface area contributed by atoms with E-state index in [4.69, 9.17) is 5.11 Å². The fraction of sp³-hybridized carbons (Fsp3) is 0.0909. The molecule has 1 aromatic rings. The van der Waals surface area contributed by atoms with Gasteiger partial charge in [0.05, 0.1) is 10.6 Å². The normalized spacial score (nSPS) is 17.6. The van der Waals surface area contributed by atoms with Gasteiger partial charge in [0.15, 0.2) is 0 Å². The molecule has 2 rings (SSSR count). The van der Waals surface area contributed by atoms with Crippen molar-refractivity contribution >= 4 is 35.0 Å². The maximum Gasteiger partial charge on any atom is 0.323 e. The number of nitrogens with zero attached hydrogens (tertiary/aromatic N) is 2. The van der Waals surface area contributed by atoms with Gasteiger partial charge in [-0.15, -0.1) is 0 Å². The third kappa shape index (κ3) is 2.57. The number of hydrogen-bond donors (Lipinski definition) is 1. The molecule has 0 bridgehead atoms. The molecule has 1 aliphatic rings. The zero-order chi connectivity index (χ0) is 13.1. The predicted octanol–water partition coefficient (Wildman–Crippen LogP) is 1.20. The second kappa shape index (κ2) is 5.01. The van der Waals surface area contributed by atoms with Crippen LogP contribution in [0.25, 0.3) is 6.08 Å². The van der Waals surface area contributed by atoms with Gasteiger partial charge in [-0.1, -0.05) is 6.07 Å². The molecule has 0 saturated carbocycles. The Morgan fingerprint density at radius 1 is 1.44 bits per heavy atom. The first-order chi connectivity index (χ1) is 8.58. The summed E-state index contributed by atoms with van der Waals surface area (Å²) < 4.78 is 0. The van der Waals surface area contributed by atoms with E-state index in [-0.39, 0.29) is 4.91 Å².